The van der Waals surface area contributed by atoms with E-state index in [4.69, 9.17) is 5.73 Å². The van der Waals surface area contributed by atoms with E-state index < -0.39 is 0 Å². The van der Waals surface area contributed by atoms with Gasteiger partial charge >= 0.3 is 0 Å². The molecule has 0 aliphatic rings. The number of nitrogens with one attached hydrogen (secondary N) is 2. The van der Waals surface area contributed by atoms with E-state index in [9.17, 15) is 4.39 Å². The van der Waals surface area contributed by atoms with E-state index in [0.717, 1.165) is 27.3 Å². The Morgan fingerprint density at radius 1 is 1.26 bits per heavy atom. The maximum Gasteiger partial charge on any atom is 0.183 e. The lowest BCUT2D eigenvalue weighted by Gasteiger charge is -2.08. The molecule has 4 rings (SSSR count). The third-order valence-corrected chi connectivity index (χ3v) is 5.55. The highest BCUT2D eigenvalue weighted by atomic mass is 32.1. The van der Waals surface area contributed by atoms with Gasteiger partial charge in [-0.05, 0) is 43.2 Å². The number of rotatable bonds is 5. The van der Waals surface area contributed by atoms with Gasteiger partial charge in [-0.3, -0.25) is 5.10 Å². The largest absolute Gasteiger partial charge is 0.382 e. The zero-order valence-electron chi connectivity index (χ0n) is 15.1. The fourth-order valence-corrected chi connectivity index (χ4v) is 3.98. The predicted molar refractivity (Wildman–Crippen MR) is 110 cm³/mol. The lowest BCUT2D eigenvalue weighted by atomic mass is 10.0. The molecule has 1 atom stereocenters. The minimum atomic E-state index is -0.318. The van der Waals surface area contributed by atoms with Crippen molar-refractivity contribution in [2.24, 2.45) is 0 Å². The quantitative estimate of drug-likeness (QED) is 0.439. The average molecular weight is 381 g/mol. The van der Waals surface area contributed by atoms with Crippen molar-refractivity contribution in [1.29, 1.82) is 0 Å². The zero-order chi connectivity index (χ0) is 19.0. The highest BCUT2D eigenvalue weighted by molar-refractivity contribution is 7.22. The van der Waals surface area contributed by atoms with Crippen molar-refractivity contribution in [2.75, 3.05) is 11.1 Å². The number of nitrogens with two attached hydrogens (primary N) is 1. The molecule has 138 valence electrons. The number of thiazole rings is 1. The second kappa shape index (κ2) is 7.00. The van der Waals surface area contributed by atoms with Crippen LogP contribution in [0.2, 0.25) is 0 Å². The molecular weight excluding hydrogens is 361 g/mol. The molecule has 2 aromatic carbocycles. The van der Waals surface area contributed by atoms with Crippen molar-refractivity contribution >= 4 is 32.5 Å². The van der Waals surface area contributed by atoms with Gasteiger partial charge in [0.2, 0.25) is 0 Å². The SMILES string of the molecule is CC[C@@H](C)Nc1nc2ccc(-c3c(N)n[nH]c3-c3ccccc3F)cc2s1. The number of halogens is 1. The Morgan fingerprint density at radius 3 is 2.85 bits per heavy atom. The van der Waals surface area contributed by atoms with E-state index in [1.807, 2.05) is 18.2 Å². The molecule has 0 aliphatic carbocycles. The summed E-state index contributed by atoms with van der Waals surface area (Å²) < 4.78 is 15.3. The van der Waals surface area contributed by atoms with Gasteiger partial charge in [0.25, 0.3) is 0 Å². The maximum atomic E-state index is 14.3. The topological polar surface area (TPSA) is 79.6 Å². The van der Waals surface area contributed by atoms with E-state index in [1.54, 1.807) is 29.5 Å². The highest BCUT2D eigenvalue weighted by Gasteiger charge is 2.18. The van der Waals surface area contributed by atoms with E-state index in [2.05, 4.69) is 34.3 Å². The predicted octanol–water partition coefficient (Wildman–Crippen LogP) is 5.29. The highest BCUT2D eigenvalue weighted by Crippen LogP contribution is 2.38. The number of H-pyrrole nitrogens is 1. The van der Waals surface area contributed by atoms with Crippen molar-refractivity contribution in [3.63, 3.8) is 0 Å². The number of aromatic nitrogens is 3. The van der Waals surface area contributed by atoms with Crippen LogP contribution in [0.4, 0.5) is 15.3 Å². The first-order valence-electron chi connectivity index (χ1n) is 8.83. The van der Waals surface area contributed by atoms with Gasteiger partial charge in [0.05, 0.1) is 21.5 Å². The summed E-state index contributed by atoms with van der Waals surface area (Å²) in [5, 5.41) is 11.3. The summed E-state index contributed by atoms with van der Waals surface area (Å²) in [5.41, 5.74) is 9.63. The molecule has 0 bridgehead atoms. The molecule has 0 fully saturated rings. The smallest absolute Gasteiger partial charge is 0.183 e. The molecule has 5 nitrogen and oxygen atoms in total. The van der Waals surface area contributed by atoms with Crippen LogP contribution in [0.5, 0.6) is 0 Å². The maximum absolute atomic E-state index is 14.3. The summed E-state index contributed by atoms with van der Waals surface area (Å²) in [6.07, 6.45) is 1.03. The molecule has 0 amide bonds. The first-order chi connectivity index (χ1) is 13.1. The minimum absolute atomic E-state index is 0.318. The Morgan fingerprint density at radius 2 is 2.07 bits per heavy atom. The second-order valence-electron chi connectivity index (χ2n) is 6.49. The summed E-state index contributed by atoms with van der Waals surface area (Å²) >= 11 is 1.60. The number of nitrogen functional groups attached to an aromatic ring is 1. The molecule has 0 unspecified atom stereocenters. The van der Waals surface area contributed by atoms with Crippen LogP contribution in [0.3, 0.4) is 0 Å². The minimum Gasteiger partial charge on any atom is -0.382 e. The number of nitrogens with zero attached hydrogens (tertiary/aromatic N) is 2. The standard InChI is InChI=1S/C20H20FN5S/c1-3-11(2)23-20-24-15-9-8-12(10-16(15)27-20)17-18(25-26-19(17)22)13-6-4-5-7-14(13)21/h4-11H,3H2,1-2H3,(H,23,24)(H3,22,25,26)/t11-/m1/s1. The Kier molecular flexibility index (Phi) is 4.53. The van der Waals surface area contributed by atoms with Crippen molar-refractivity contribution < 1.29 is 4.39 Å². The van der Waals surface area contributed by atoms with E-state index in [0.29, 0.717) is 28.7 Å². The van der Waals surface area contributed by atoms with Crippen LogP contribution in [-0.2, 0) is 0 Å². The van der Waals surface area contributed by atoms with Gasteiger partial charge in [-0.25, -0.2) is 9.37 Å². The Balaban J connectivity index is 1.79. The monoisotopic (exact) mass is 381 g/mol. The fraction of sp³-hybridized carbons (Fsp3) is 0.200. The molecular formula is C20H20FN5S. The normalized spacial score (nSPS) is 12.4. The molecule has 0 spiro atoms. The summed E-state index contributed by atoms with van der Waals surface area (Å²) in [6.45, 7) is 4.26. The van der Waals surface area contributed by atoms with Crippen LogP contribution < -0.4 is 11.1 Å². The number of fused-ring (bicyclic) bond motifs is 1. The average Bonchev–Trinajstić information content (AvgIpc) is 3.24. The van der Waals surface area contributed by atoms with E-state index in [1.165, 1.54) is 6.07 Å². The lowest BCUT2D eigenvalue weighted by molar-refractivity contribution is 0.630. The molecule has 27 heavy (non-hydrogen) atoms. The number of aromatic amines is 1. The number of anilines is 2. The van der Waals surface area contributed by atoms with Crippen molar-refractivity contribution in [3.05, 3.63) is 48.3 Å². The van der Waals surface area contributed by atoms with Gasteiger partial charge < -0.3 is 11.1 Å². The van der Waals surface area contributed by atoms with Crippen LogP contribution in [0.15, 0.2) is 42.5 Å². The first kappa shape index (κ1) is 17.5. The number of hydrogen-bond acceptors (Lipinski definition) is 5. The first-order valence-corrected chi connectivity index (χ1v) is 9.64. The van der Waals surface area contributed by atoms with Gasteiger partial charge in [0, 0.05) is 11.6 Å². The van der Waals surface area contributed by atoms with Crippen LogP contribution in [0, 0.1) is 5.82 Å². The lowest BCUT2D eigenvalue weighted by Crippen LogP contribution is -2.12. The van der Waals surface area contributed by atoms with E-state index >= 15 is 0 Å². The zero-order valence-corrected chi connectivity index (χ0v) is 15.9. The summed E-state index contributed by atoms with van der Waals surface area (Å²) in [7, 11) is 0. The van der Waals surface area contributed by atoms with Crippen molar-refractivity contribution in [1.82, 2.24) is 15.2 Å². The molecule has 0 aliphatic heterocycles. The van der Waals surface area contributed by atoms with Crippen LogP contribution in [0.1, 0.15) is 20.3 Å². The Bertz CT molecular complexity index is 1100. The summed E-state index contributed by atoms with van der Waals surface area (Å²) in [6, 6.07) is 12.9. The van der Waals surface area contributed by atoms with Crippen molar-refractivity contribution in [2.45, 2.75) is 26.3 Å². The van der Waals surface area contributed by atoms with Gasteiger partial charge in [-0.2, -0.15) is 5.10 Å². The molecule has 4 aromatic rings. The molecule has 0 radical (unpaired) electrons. The number of hydrogen-bond donors (Lipinski definition) is 3. The third-order valence-electron chi connectivity index (χ3n) is 4.60. The van der Waals surface area contributed by atoms with Gasteiger partial charge in [0.15, 0.2) is 10.9 Å². The molecule has 7 heteroatoms. The van der Waals surface area contributed by atoms with Crippen LogP contribution in [0.25, 0.3) is 32.6 Å². The second-order valence-corrected chi connectivity index (χ2v) is 7.52. The van der Waals surface area contributed by atoms with Gasteiger partial charge in [-0.15, -0.1) is 0 Å². The number of benzene rings is 2. The van der Waals surface area contributed by atoms with Gasteiger partial charge in [0.1, 0.15) is 5.82 Å². The Hall–Kier alpha value is -2.93. The molecule has 0 saturated heterocycles. The summed E-state index contributed by atoms with van der Waals surface area (Å²) in [5.74, 6) is 0.0244. The molecule has 4 N–H and O–H groups in total. The third kappa shape index (κ3) is 3.26. The van der Waals surface area contributed by atoms with Crippen LogP contribution in [-0.4, -0.2) is 21.2 Å². The molecule has 2 heterocycles. The Labute approximate surface area is 160 Å². The molecule has 0 saturated carbocycles. The fourth-order valence-electron chi connectivity index (χ4n) is 2.96. The summed E-state index contributed by atoms with van der Waals surface area (Å²) in [4.78, 5) is 4.63. The van der Waals surface area contributed by atoms with E-state index in [-0.39, 0.29) is 5.82 Å². The van der Waals surface area contributed by atoms with Crippen molar-refractivity contribution in [3.8, 4) is 22.4 Å². The molecule has 2 aromatic heterocycles. The van der Waals surface area contributed by atoms with Gasteiger partial charge in [-0.1, -0.05) is 36.5 Å². The van der Waals surface area contributed by atoms with Crippen LogP contribution >= 0.6 is 11.3 Å².